The van der Waals surface area contributed by atoms with Gasteiger partial charge in [0.2, 0.25) is 6.79 Å². The second kappa shape index (κ2) is 4.24. The molecule has 2 aliphatic rings. The number of hydrogen-bond donors (Lipinski definition) is 1. The fourth-order valence-electron chi connectivity index (χ4n) is 2.76. The van der Waals surface area contributed by atoms with Gasteiger partial charge in [-0.15, -0.1) is 0 Å². The summed E-state index contributed by atoms with van der Waals surface area (Å²) in [5, 5.41) is 3.55. The predicted octanol–water partition coefficient (Wildman–Crippen LogP) is 2.05. The van der Waals surface area contributed by atoms with Gasteiger partial charge in [0.15, 0.2) is 11.5 Å². The molecule has 0 saturated carbocycles. The summed E-state index contributed by atoms with van der Waals surface area (Å²) in [4.78, 5) is 4.47. The number of fused-ring (bicyclic) bond motifs is 2. The van der Waals surface area contributed by atoms with Gasteiger partial charge >= 0.3 is 0 Å². The summed E-state index contributed by atoms with van der Waals surface area (Å²) in [5.41, 5.74) is 3.63. The minimum Gasteiger partial charge on any atom is -0.454 e. The largest absolute Gasteiger partial charge is 0.454 e. The Morgan fingerprint density at radius 2 is 2.11 bits per heavy atom. The van der Waals surface area contributed by atoms with Crippen molar-refractivity contribution in [2.24, 2.45) is 0 Å². The first-order valence-corrected chi connectivity index (χ1v) is 6.48. The molecule has 0 amide bonds. The molecule has 19 heavy (non-hydrogen) atoms. The standard InChI is InChI=1S/C15H14N2O2/c1-2-11-12(16-6-1)5-7-17-15(11)10-3-4-13-14(8-10)19-9-18-13/h1-4,6,8,15,17H,5,7,9H2. The quantitative estimate of drug-likeness (QED) is 0.845. The van der Waals surface area contributed by atoms with Gasteiger partial charge < -0.3 is 14.8 Å². The second-order valence-electron chi connectivity index (χ2n) is 4.79. The van der Waals surface area contributed by atoms with Gasteiger partial charge in [-0.1, -0.05) is 12.1 Å². The number of ether oxygens (including phenoxy) is 2. The van der Waals surface area contributed by atoms with Crippen LogP contribution in [0.1, 0.15) is 22.9 Å². The van der Waals surface area contributed by atoms with Crippen LogP contribution in [0.5, 0.6) is 11.5 Å². The highest BCUT2D eigenvalue weighted by molar-refractivity contribution is 5.48. The maximum absolute atomic E-state index is 5.45. The lowest BCUT2D eigenvalue weighted by Crippen LogP contribution is -2.31. The van der Waals surface area contributed by atoms with Crippen LogP contribution in [0.2, 0.25) is 0 Å². The van der Waals surface area contributed by atoms with E-state index < -0.39 is 0 Å². The second-order valence-corrected chi connectivity index (χ2v) is 4.79. The molecule has 4 heteroatoms. The van der Waals surface area contributed by atoms with Gasteiger partial charge in [0.25, 0.3) is 0 Å². The summed E-state index contributed by atoms with van der Waals surface area (Å²) in [6, 6.07) is 10.4. The van der Waals surface area contributed by atoms with Crippen LogP contribution in [0.3, 0.4) is 0 Å². The van der Waals surface area contributed by atoms with E-state index in [1.165, 1.54) is 16.8 Å². The van der Waals surface area contributed by atoms with Gasteiger partial charge in [-0.25, -0.2) is 0 Å². The van der Waals surface area contributed by atoms with E-state index >= 15 is 0 Å². The molecule has 1 aromatic carbocycles. The highest BCUT2D eigenvalue weighted by Gasteiger charge is 2.23. The molecule has 4 nitrogen and oxygen atoms in total. The van der Waals surface area contributed by atoms with Gasteiger partial charge in [-0.05, 0) is 29.3 Å². The molecule has 0 saturated heterocycles. The van der Waals surface area contributed by atoms with Crippen molar-refractivity contribution in [2.45, 2.75) is 12.5 Å². The number of aromatic nitrogens is 1. The number of pyridine rings is 1. The maximum atomic E-state index is 5.45. The lowest BCUT2D eigenvalue weighted by Gasteiger charge is -2.26. The van der Waals surface area contributed by atoms with Crippen LogP contribution in [0.25, 0.3) is 0 Å². The van der Waals surface area contributed by atoms with Crippen LogP contribution in [0.4, 0.5) is 0 Å². The fourth-order valence-corrected chi connectivity index (χ4v) is 2.76. The molecule has 1 unspecified atom stereocenters. The highest BCUT2D eigenvalue weighted by Crippen LogP contribution is 2.36. The van der Waals surface area contributed by atoms with E-state index in [2.05, 4.69) is 28.5 Å². The van der Waals surface area contributed by atoms with Crippen LogP contribution < -0.4 is 14.8 Å². The molecule has 4 rings (SSSR count). The molecule has 1 aromatic heterocycles. The van der Waals surface area contributed by atoms with Crippen molar-refractivity contribution in [1.82, 2.24) is 10.3 Å². The third kappa shape index (κ3) is 1.76. The van der Waals surface area contributed by atoms with Crippen molar-refractivity contribution in [1.29, 1.82) is 0 Å². The smallest absolute Gasteiger partial charge is 0.231 e. The van der Waals surface area contributed by atoms with Crippen molar-refractivity contribution < 1.29 is 9.47 Å². The van der Waals surface area contributed by atoms with Gasteiger partial charge in [-0.2, -0.15) is 0 Å². The first kappa shape index (κ1) is 10.8. The first-order valence-electron chi connectivity index (χ1n) is 6.48. The number of nitrogens with zero attached hydrogens (tertiary/aromatic N) is 1. The van der Waals surface area contributed by atoms with Crippen LogP contribution >= 0.6 is 0 Å². The normalized spacial score (nSPS) is 20.1. The minimum absolute atomic E-state index is 0.187. The summed E-state index contributed by atoms with van der Waals surface area (Å²) in [6.45, 7) is 1.26. The molecule has 0 bridgehead atoms. The molecule has 2 aliphatic heterocycles. The predicted molar refractivity (Wildman–Crippen MR) is 70.4 cm³/mol. The summed E-state index contributed by atoms with van der Waals surface area (Å²) in [6.07, 6.45) is 2.85. The molecule has 0 fully saturated rings. The van der Waals surface area contributed by atoms with Crippen molar-refractivity contribution >= 4 is 0 Å². The van der Waals surface area contributed by atoms with Gasteiger partial charge in [0.1, 0.15) is 0 Å². The molecule has 0 spiro atoms. The SMILES string of the molecule is c1cnc2c(c1)C(c1ccc3c(c1)OCO3)NCC2. The highest BCUT2D eigenvalue weighted by atomic mass is 16.7. The number of hydrogen-bond acceptors (Lipinski definition) is 4. The number of rotatable bonds is 1. The lowest BCUT2D eigenvalue weighted by molar-refractivity contribution is 0.174. The average molecular weight is 254 g/mol. The van der Waals surface area contributed by atoms with Crippen LogP contribution in [0, 0.1) is 0 Å². The van der Waals surface area contributed by atoms with Crippen LogP contribution in [-0.4, -0.2) is 18.3 Å². The van der Waals surface area contributed by atoms with E-state index in [-0.39, 0.29) is 6.04 Å². The van der Waals surface area contributed by atoms with E-state index in [9.17, 15) is 0 Å². The van der Waals surface area contributed by atoms with E-state index in [1.807, 2.05) is 18.3 Å². The first-order chi connectivity index (χ1) is 9.42. The molecular formula is C15H14N2O2. The third-order valence-corrected chi connectivity index (χ3v) is 3.68. The Morgan fingerprint density at radius 3 is 3.11 bits per heavy atom. The van der Waals surface area contributed by atoms with Crippen molar-refractivity contribution in [3.8, 4) is 11.5 Å². The average Bonchev–Trinajstić information content (AvgIpc) is 2.94. The summed E-state index contributed by atoms with van der Waals surface area (Å²) >= 11 is 0. The molecule has 1 atom stereocenters. The zero-order valence-corrected chi connectivity index (χ0v) is 10.4. The van der Waals surface area contributed by atoms with E-state index in [0.717, 1.165) is 24.5 Å². The summed E-state index contributed by atoms with van der Waals surface area (Å²) in [7, 11) is 0. The van der Waals surface area contributed by atoms with Crippen LogP contribution in [-0.2, 0) is 6.42 Å². The Kier molecular flexibility index (Phi) is 2.42. The Bertz CT molecular complexity index is 627. The Hall–Kier alpha value is -2.07. The van der Waals surface area contributed by atoms with E-state index in [4.69, 9.17) is 9.47 Å². The molecule has 0 radical (unpaired) electrons. The van der Waals surface area contributed by atoms with Gasteiger partial charge in [-0.3, -0.25) is 4.98 Å². The lowest BCUT2D eigenvalue weighted by atomic mass is 9.93. The Balaban J connectivity index is 1.77. The molecule has 1 N–H and O–H groups in total. The fraction of sp³-hybridized carbons (Fsp3) is 0.267. The number of nitrogens with one attached hydrogen (secondary N) is 1. The molecule has 0 aliphatic carbocycles. The summed E-state index contributed by atoms with van der Waals surface area (Å²) < 4.78 is 10.8. The zero-order valence-electron chi connectivity index (χ0n) is 10.4. The van der Waals surface area contributed by atoms with Gasteiger partial charge in [0, 0.05) is 24.9 Å². The van der Waals surface area contributed by atoms with Crippen molar-refractivity contribution in [2.75, 3.05) is 13.3 Å². The minimum atomic E-state index is 0.187. The van der Waals surface area contributed by atoms with Gasteiger partial charge in [0.05, 0.1) is 6.04 Å². The number of benzene rings is 1. The summed E-state index contributed by atoms with van der Waals surface area (Å²) in [5.74, 6) is 1.65. The Labute approximate surface area is 111 Å². The maximum Gasteiger partial charge on any atom is 0.231 e. The molecule has 3 heterocycles. The van der Waals surface area contributed by atoms with E-state index in [1.54, 1.807) is 0 Å². The molecule has 96 valence electrons. The van der Waals surface area contributed by atoms with Crippen LogP contribution in [0.15, 0.2) is 36.5 Å². The van der Waals surface area contributed by atoms with E-state index in [0.29, 0.717) is 6.79 Å². The topological polar surface area (TPSA) is 43.4 Å². The monoisotopic (exact) mass is 254 g/mol. The molecular weight excluding hydrogens is 240 g/mol. The zero-order chi connectivity index (χ0) is 12.7. The van der Waals surface area contributed by atoms with Crippen molar-refractivity contribution in [3.63, 3.8) is 0 Å². The van der Waals surface area contributed by atoms with Crippen molar-refractivity contribution in [3.05, 3.63) is 53.3 Å². The molecule has 2 aromatic rings. The Morgan fingerprint density at radius 1 is 1.16 bits per heavy atom. The third-order valence-electron chi connectivity index (χ3n) is 3.68.